The number of urea groups is 1. The summed E-state index contributed by atoms with van der Waals surface area (Å²) >= 11 is 0. The number of amides is 4. The molecule has 2 heterocycles. The Bertz CT molecular complexity index is 1490. The van der Waals surface area contributed by atoms with E-state index in [1.807, 2.05) is 13.0 Å². The summed E-state index contributed by atoms with van der Waals surface area (Å²) in [5, 5.41) is 17.9. The molecule has 0 radical (unpaired) electrons. The molecule has 39 heavy (non-hydrogen) atoms. The molecule has 1 aromatic carbocycles. The summed E-state index contributed by atoms with van der Waals surface area (Å²) in [6, 6.07) is 2.00. The molecule has 0 unspecified atom stereocenters. The quantitative estimate of drug-likeness (QED) is 0.179. The summed E-state index contributed by atoms with van der Waals surface area (Å²) in [6.45, 7) is 1.40. The molecule has 4 amide bonds. The third-order valence-electron chi connectivity index (χ3n) is 7.00. The Hall–Kier alpha value is -4.35. The van der Waals surface area contributed by atoms with Gasteiger partial charge in [0.25, 0.3) is 0 Å². The summed E-state index contributed by atoms with van der Waals surface area (Å²) in [4.78, 5) is 59.7. The molecule has 0 aliphatic heterocycles. The van der Waals surface area contributed by atoms with E-state index in [1.165, 1.54) is 5.56 Å². The van der Waals surface area contributed by atoms with E-state index in [9.17, 15) is 24.0 Å². The number of hydrogen-bond donors (Lipinski definition) is 5. The highest BCUT2D eigenvalue weighted by Gasteiger charge is 2.23. The lowest BCUT2D eigenvalue weighted by atomic mass is 9.94. The van der Waals surface area contributed by atoms with Crippen LogP contribution in [0.25, 0.3) is 21.9 Å². The summed E-state index contributed by atoms with van der Waals surface area (Å²) in [5.74, 6) is -1.41. The molecule has 1 aliphatic carbocycles. The lowest BCUT2D eigenvalue weighted by Gasteiger charge is -2.18. The van der Waals surface area contributed by atoms with Gasteiger partial charge in [0.2, 0.25) is 11.8 Å². The maximum atomic E-state index is 12.8. The van der Waals surface area contributed by atoms with E-state index < -0.39 is 42.0 Å². The smallest absolute Gasteiger partial charge is 0.339 e. The highest BCUT2D eigenvalue weighted by atomic mass is 16.4. The van der Waals surface area contributed by atoms with Gasteiger partial charge in [0.05, 0.1) is 0 Å². The van der Waals surface area contributed by atoms with Crippen molar-refractivity contribution in [2.75, 3.05) is 13.1 Å². The van der Waals surface area contributed by atoms with Crippen LogP contribution in [0.4, 0.5) is 4.79 Å². The van der Waals surface area contributed by atoms with Crippen molar-refractivity contribution in [3.05, 3.63) is 45.0 Å². The lowest BCUT2D eigenvalue weighted by Crippen LogP contribution is -2.48. The molecule has 6 N–H and O–H groups in total. The molecule has 12 heteroatoms. The summed E-state index contributed by atoms with van der Waals surface area (Å²) in [7, 11) is 0. The average molecular weight is 541 g/mol. The van der Waals surface area contributed by atoms with Crippen molar-refractivity contribution >= 4 is 45.8 Å². The van der Waals surface area contributed by atoms with E-state index in [0.29, 0.717) is 23.2 Å². The molecule has 0 fully saturated rings. The van der Waals surface area contributed by atoms with Crippen LogP contribution in [0.3, 0.4) is 0 Å². The molecule has 1 atom stereocenters. The maximum absolute atomic E-state index is 12.8. The normalized spacial score (nSPS) is 13.6. The minimum Gasteiger partial charge on any atom is -0.480 e. The Balaban J connectivity index is 1.48. The lowest BCUT2D eigenvalue weighted by molar-refractivity contribution is -0.138. The van der Waals surface area contributed by atoms with E-state index in [2.05, 4.69) is 16.0 Å². The number of fused-ring (bicyclic) bond motifs is 4. The average Bonchev–Trinajstić information content (AvgIpc) is 3.25. The first-order chi connectivity index (χ1) is 18.6. The van der Waals surface area contributed by atoms with E-state index in [4.69, 9.17) is 19.7 Å². The van der Waals surface area contributed by atoms with Crippen molar-refractivity contribution in [1.29, 1.82) is 0 Å². The molecule has 0 bridgehead atoms. The number of carboxylic acid groups (broad SMARTS) is 1. The van der Waals surface area contributed by atoms with Gasteiger partial charge in [0.15, 0.2) is 0 Å². The second-order valence-corrected chi connectivity index (χ2v) is 9.71. The molecule has 1 aliphatic rings. The van der Waals surface area contributed by atoms with Gasteiger partial charge in [-0.2, -0.15) is 0 Å². The predicted molar refractivity (Wildman–Crippen MR) is 141 cm³/mol. The van der Waals surface area contributed by atoms with Crippen LogP contribution in [0.2, 0.25) is 0 Å². The predicted octanol–water partition coefficient (Wildman–Crippen LogP) is 1.79. The van der Waals surface area contributed by atoms with Crippen LogP contribution in [0, 0.1) is 6.92 Å². The van der Waals surface area contributed by atoms with Crippen LogP contribution < -0.4 is 27.3 Å². The van der Waals surface area contributed by atoms with E-state index in [-0.39, 0.29) is 25.8 Å². The van der Waals surface area contributed by atoms with Crippen LogP contribution in [-0.4, -0.2) is 48.1 Å². The van der Waals surface area contributed by atoms with Crippen molar-refractivity contribution in [2.24, 2.45) is 5.73 Å². The minimum absolute atomic E-state index is 0.0875. The second-order valence-electron chi connectivity index (χ2n) is 9.71. The number of nitrogens with one attached hydrogen (secondary N) is 3. The Kier molecular flexibility index (Phi) is 8.52. The van der Waals surface area contributed by atoms with Gasteiger partial charge >= 0.3 is 17.6 Å². The third-order valence-corrected chi connectivity index (χ3v) is 7.00. The number of rotatable bonds is 11. The number of aryl methyl sites for hydroxylation is 3. The van der Waals surface area contributed by atoms with Gasteiger partial charge in [-0.05, 0) is 57.1 Å². The summed E-state index contributed by atoms with van der Waals surface area (Å²) < 4.78 is 11.6. The van der Waals surface area contributed by atoms with E-state index >= 15 is 0 Å². The Morgan fingerprint density at radius 3 is 2.54 bits per heavy atom. The van der Waals surface area contributed by atoms with Crippen molar-refractivity contribution in [1.82, 2.24) is 16.0 Å². The van der Waals surface area contributed by atoms with Gasteiger partial charge < -0.3 is 35.6 Å². The zero-order chi connectivity index (χ0) is 28.1. The molecule has 0 spiro atoms. The fourth-order valence-electron chi connectivity index (χ4n) is 5.01. The molecule has 208 valence electrons. The maximum Gasteiger partial charge on any atom is 0.339 e. The zero-order valence-electron chi connectivity index (χ0n) is 21.7. The number of aliphatic carboxylic acids is 1. The number of carboxylic acids is 1. The Morgan fingerprint density at radius 2 is 1.79 bits per heavy atom. The fraction of sp³-hybridized carbons (Fsp3) is 0.444. The number of furan rings is 1. The van der Waals surface area contributed by atoms with Gasteiger partial charge in [-0.25, -0.2) is 9.59 Å². The molecule has 2 aromatic heterocycles. The molecule has 12 nitrogen and oxygen atoms in total. The van der Waals surface area contributed by atoms with Gasteiger partial charge in [0.1, 0.15) is 29.5 Å². The SMILES string of the molecule is Cc1c(CCC(=O)N[C@H](CCCNC(N)=O)C(=O)NCC(=O)O)c(=O)oc2cc3oc4c(c3cc12)CCCC4. The molecule has 3 aromatic rings. The van der Waals surface area contributed by atoms with Gasteiger partial charge in [-0.3, -0.25) is 14.4 Å². The molecule has 0 saturated carbocycles. The summed E-state index contributed by atoms with van der Waals surface area (Å²) in [5.41, 5.74) is 7.89. The van der Waals surface area contributed by atoms with Gasteiger partial charge in [-0.1, -0.05) is 0 Å². The number of carbonyl (C=O) groups is 4. The minimum atomic E-state index is -1.23. The van der Waals surface area contributed by atoms with Crippen LogP contribution in [0.5, 0.6) is 0 Å². The molecular formula is C27H32N4O8. The number of nitrogens with two attached hydrogens (primary N) is 1. The van der Waals surface area contributed by atoms with E-state index in [0.717, 1.165) is 47.8 Å². The first-order valence-electron chi connectivity index (χ1n) is 13.0. The second kappa shape index (κ2) is 12.0. The molecular weight excluding hydrogens is 508 g/mol. The molecule has 4 rings (SSSR count). The third kappa shape index (κ3) is 6.57. The monoisotopic (exact) mass is 540 g/mol. The number of primary amides is 1. The van der Waals surface area contributed by atoms with Gasteiger partial charge in [-0.15, -0.1) is 0 Å². The van der Waals surface area contributed by atoms with Crippen LogP contribution in [-0.2, 0) is 33.6 Å². The van der Waals surface area contributed by atoms with Crippen LogP contribution in [0.15, 0.2) is 25.8 Å². The van der Waals surface area contributed by atoms with Crippen LogP contribution >= 0.6 is 0 Å². The largest absolute Gasteiger partial charge is 0.480 e. The van der Waals surface area contributed by atoms with Crippen LogP contribution in [0.1, 0.15) is 54.6 Å². The highest BCUT2D eigenvalue weighted by Crippen LogP contribution is 2.35. The standard InChI is InChI=1S/C27H32N4O8/c1-14-15(8-9-23(32)31-19(6-4-10-29-27(28)37)25(35)30-13-24(33)34)26(36)39-21-12-22-18(11-17(14)21)16-5-2-3-7-20(16)38-22/h11-12,19H,2-10,13H2,1H3,(H,30,35)(H,31,32)(H,33,34)(H3,28,29,37)/t19-/m1/s1. The van der Waals surface area contributed by atoms with Crippen molar-refractivity contribution in [3.63, 3.8) is 0 Å². The Morgan fingerprint density at radius 1 is 1.05 bits per heavy atom. The van der Waals surface area contributed by atoms with E-state index in [1.54, 1.807) is 6.07 Å². The summed E-state index contributed by atoms with van der Waals surface area (Å²) in [6.07, 6.45) is 4.45. The number of carbonyl (C=O) groups excluding carboxylic acids is 3. The number of benzene rings is 1. The topological polar surface area (TPSA) is 194 Å². The van der Waals surface area contributed by atoms with Gasteiger partial charge in [0, 0.05) is 47.4 Å². The first-order valence-corrected chi connectivity index (χ1v) is 13.0. The zero-order valence-corrected chi connectivity index (χ0v) is 21.7. The van der Waals surface area contributed by atoms with Crippen molar-refractivity contribution in [2.45, 2.75) is 64.3 Å². The number of hydrogen-bond acceptors (Lipinski definition) is 7. The highest BCUT2D eigenvalue weighted by molar-refractivity contribution is 5.97. The first kappa shape index (κ1) is 27.7. The van der Waals surface area contributed by atoms with Crippen molar-refractivity contribution < 1.29 is 33.1 Å². The fourth-order valence-corrected chi connectivity index (χ4v) is 5.01. The van der Waals surface area contributed by atoms with Crippen molar-refractivity contribution in [3.8, 4) is 0 Å². The Labute approximate surface area is 223 Å². The molecule has 0 saturated heterocycles.